The van der Waals surface area contributed by atoms with Gasteiger partial charge in [0.05, 0.1) is 24.1 Å². The van der Waals surface area contributed by atoms with E-state index in [1.807, 2.05) is 4.90 Å². The molecule has 2 fully saturated rings. The summed E-state index contributed by atoms with van der Waals surface area (Å²) in [5.74, 6) is 0.0194. The second-order valence-electron chi connectivity index (χ2n) is 4.97. The van der Waals surface area contributed by atoms with Crippen molar-refractivity contribution in [3.63, 3.8) is 0 Å². The van der Waals surface area contributed by atoms with E-state index in [4.69, 9.17) is 0 Å². The van der Waals surface area contributed by atoms with Crippen molar-refractivity contribution in [2.75, 3.05) is 19.6 Å². The molecule has 0 aromatic carbocycles. The van der Waals surface area contributed by atoms with Gasteiger partial charge in [0.2, 0.25) is 0 Å². The van der Waals surface area contributed by atoms with Gasteiger partial charge in [-0.2, -0.15) is 0 Å². The Morgan fingerprint density at radius 3 is 2.67 bits per heavy atom. The van der Waals surface area contributed by atoms with Crippen LogP contribution in [-0.2, 0) is 0 Å². The van der Waals surface area contributed by atoms with Crippen LogP contribution in [0, 0.1) is 0 Å². The number of nitrogens with one attached hydrogen (secondary N) is 1. The van der Waals surface area contributed by atoms with Gasteiger partial charge < -0.3 is 10.2 Å². The normalized spacial score (nSPS) is 23.6. The highest BCUT2D eigenvalue weighted by Crippen LogP contribution is 2.20. The third-order valence-electron chi connectivity index (χ3n) is 3.70. The molecule has 5 heteroatoms. The second kappa shape index (κ2) is 5.02. The van der Waals surface area contributed by atoms with Gasteiger partial charge in [-0.05, 0) is 32.2 Å². The molecule has 96 valence electrons. The van der Waals surface area contributed by atoms with Gasteiger partial charge in [-0.15, -0.1) is 0 Å². The summed E-state index contributed by atoms with van der Waals surface area (Å²) in [5, 5.41) is 3.38. The lowest BCUT2D eigenvalue weighted by Crippen LogP contribution is -2.28. The van der Waals surface area contributed by atoms with E-state index in [2.05, 4.69) is 15.3 Å². The van der Waals surface area contributed by atoms with Gasteiger partial charge >= 0.3 is 0 Å². The molecule has 3 heterocycles. The molecule has 2 saturated heterocycles. The molecule has 1 atom stereocenters. The first kappa shape index (κ1) is 11.6. The van der Waals surface area contributed by atoms with Crippen molar-refractivity contribution in [3.8, 4) is 0 Å². The molecule has 1 aromatic rings. The Bertz CT molecular complexity index is 419. The number of aromatic nitrogens is 2. The average Bonchev–Trinajstić information content (AvgIpc) is 3.11. The van der Waals surface area contributed by atoms with Crippen LogP contribution in [0.3, 0.4) is 0 Å². The van der Waals surface area contributed by atoms with Crippen LogP contribution in [0.25, 0.3) is 0 Å². The quantitative estimate of drug-likeness (QED) is 0.850. The van der Waals surface area contributed by atoms with Crippen LogP contribution in [0.15, 0.2) is 12.4 Å². The minimum Gasteiger partial charge on any atom is -0.337 e. The van der Waals surface area contributed by atoms with Crippen LogP contribution in [0.5, 0.6) is 0 Å². The second-order valence-corrected chi connectivity index (χ2v) is 4.97. The number of hydrogen-bond acceptors (Lipinski definition) is 4. The highest BCUT2D eigenvalue weighted by Gasteiger charge is 2.22. The Morgan fingerprint density at radius 2 is 2.06 bits per heavy atom. The molecule has 18 heavy (non-hydrogen) atoms. The summed E-state index contributed by atoms with van der Waals surface area (Å²) in [4.78, 5) is 22.6. The smallest absolute Gasteiger partial charge is 0.274 e. The molecule has 0 bridgehead atoms. The SMILES string of the molecule is O=C(c1cnc([C@@H]2CCCN2)cn1)N1CCCC1. The number of hydrogen-bond donors (Lipinski definition) is 1. The molecule has 3 rings (SSSR count). The van der Waals surface area contributed by atoms with E-state index in [1.54, 1.807) is 12.4 Å². The van der Waals surface area contributed by atoms with E-state index in [0.717, 1.165) is 44.6 Å². The van der Waals surface area contributed by atoms with Crippen molar-refractivity contribution in [2.45, 2.75) is 31.7 Å². The number of nitrogens with zero attached hydrogens (tertiary/aromatic N) is 3. The van der Waals surface area contributed by atoms with E-state index in [1.165, 1.54) is 6.42 Å². The summed E-state index contributed by atoms with van der Waals surface area (Å²) in [6, 6.07) is 0.313. The highest BCUT2D eigenvalue weighted by atomic mass is 16.2. The number of amides is 1. The molecule has 1 amide bonds. The lowest BCUT2D eigenvalue weighted by Gasteiger charge is -2.15. The van der Waals surface area contributed by atoms with E-state index >= 15 is 0 Å². The van der Waals surface area contributed by atoms with Crippen LogP contribution in [0.4, 0.5) is 0 Å². The summed E-state index contributed by atoms with van der Waals surface area (Å²) >= 11 is 0. The first-order valence-corrected chi connectivity index (χ1v) is 6.69. The zero-order valence-corrected chi connectivity index (χ0v) is 10.4. The Balaban J connectivity index is 1.71. The molecule has 1 N–H and O–H groups in total. The Labute approximate surface area is 107 Å². The number of carbonyl (C=O) groups excluding carboxylic acids is 1. The zero-order chi connectivity index (χ0) is 12.4. The molecule has 5 nitrogen and oxygen atoms in total. The van der Waals surface area contributed by atoms with Crippen LogP contribution < -0.4 is 5.32 Å². The molecule has 0 radical (unpaired) electrons. The molecule has 2 aliphatic rings. The molecule has 0 aliphatic carbocycles. The predicted octanol–water partition coefficient (Wildman–Crippen LogP) is 1.14. The third-order valence-corrected chi connectivity index (χ3v) is 3.70. The first-order valence-electron chi connectivity index (χ1n) is 6.69. The van der Waals surface area contributed by atoms with Crippen molar-refractivity contribution in [2.24, 2.45) is 0 Å². The van der Waals surface area contributed by atoms with Crippen LogP contribution >= 0.6 is 0 Å². The van der Waals surface area contributed by atoms with Gasteiger partial charge in [-0.1, -0.05) is 0 Å². The van der Waals surface area contributed by atoms with Crippen molar-refractivity contribution in [1.29, 1.82) is 0 Å². The molecular formula is C13H18N4O. The van der Waals surface area contributed by atoms with Crippen LogP contribution in [-0.4, -0.2) is 40.4 Å². The predicted molar refractivity (Wildman–Crippen MR) is 67.1 cm³/mol. The van der Waals surface area contributed by atoms with Gasteiger partial charge in [0.1, 0.15) is 5.69 Å². The summed E-state index contributed by atoms with van der Waals surface area (Å²) in [6.07, 6.45) is 7.85. The fourth-order valence-corrected chi connectivity index (χ4v) is 2.65. The van der Waals surface area contributed by atoms with Gasteiger partial charge in [-0.25, -0.2) is 4.98 Å². The van der Waals surface area contributed by atoms with Gasteiger partial charge in [0.15, 0.2) is 0 Å². The highest BCUT2D eigenvalue weighted by molar-refractivity contribution is 5.92. The average molecular weight is 246 g/mol. The molecule has 2 aliphatic heterocycles. The monoisotopic (exact) mass is 246 g/mol. The van der Waals surface area contributed by atoms with Crippen LogP contribution in [0.1, 0.15) is 47.9 Å². The van der Waals surface area contributed by atoms with E-state index in [0.29, 0.717) is 11.7 Å². The van der Waals surface area contributed by atoms with Gasteiger partial charge in [0.25, 0.3) is 5.91 Å². The summed E-state index contributed by atoms with van der Waals surface area (Å²) in [5.41, 5.74) is 1.42. The summed E-state index contributed by atoms with van der Waals surface area (Å²) in [7, 11) is 0. The van der Waals surface area contributed by atoms with E-state index in [9.17, 15) is 4.79 Å². The fraction of sp³-hybridized carbons (Fsp3) is 0.615. The van der Waals surface area contributed by atoms with Crippen molar-refractivity contribution >= 4 is 5.91 Å². The lowest BCUT2D eigenvalue weighted by atomic mass is 10.2. The molecule has 0 saturated carbocycles. The maximum Gasteiger partial charge on any atom is 0.274 e. The fourth-order valence-electron chi connectivity index (χ4n) is 2.65. The van der Waals surface area contributed by atoms with Crippen molar-refractivity contribution in [3.05, 3.63) is 23.8 Å². The lowest BCUT2D eigenvalue weighted by molar-refractivity contribution is 0.0786. The van der Waals surface area contributed by atoms with Crippen LogP contribution in [0.2, 0.25) is 0 Å². The zero-order valence-electron chi connectivity index (χ0n) is 10.4. The summed E-state index contributed by atoms with van der Waals surface area (Å²) in [6.45, 7) is 2.75. The number of carbonyl (C=O) groups is 1. The van der Waals surface area contributed by atoms with Gasteiger partial charge in [-0.3, -0.25) is 9.78 Å². The largest absolute Gasteiger partial charge is 0.337 e. The molecular weight excluding hydrogens is 228 g/mol. The standard InChI is InChI=1S/C13H18N4O/c18-13(17-6-1-2-7-17)12-9-15-11(8-16-12)10-4-3-5-14-10/h8-10,14H,1-7H2/t10-/m0/s1. The maximum atomic E-state index is 12.1. The molecule has 0 unspecified atom stereocenters. The third kappa shape index (κ3) is 2.22. The van der Waals surface area contributed by atoms with E-state index < -0.39 is 0 Å². The number of likely N-dealkylation sites (tertiary alicyclic amines) is 1. The van der Waals surface area contributed by atoms with Crippen molar-refractivity contribution < 1.29 is 4.79 Å². The minimum absolute atomic E-state index is 0.0194. The molecule has 1 aromatic heterocycles. The maximum absolute atomic E-state index is 12.1. The number of rotatable bonds is 2. The first-order chi connectivity index (χ1) is 8.84. The van der Waals surface area contributed by atoms with E-state index in [-0.39, 0.29) is 5.91 Å². The topological polar surface area (TPSA) is 58.1 Å². The van der Waals surface area contributed by atoms with Gasteiger partial charge in [0, 0.05) is 13.1 Å². The minimum atomic E-state index is 0.0194. The van der Waals surface area contributed by atoms with Crippen molar-refractivity contribution in [1.82, 2.24) is 20.2 Å². The Kier molecular flexibility index (Phi) is 3.23. The Hall–Kier alpha value is -1.49. The summed E-state index contributed by atoms with van der Waals surface area (Å²) < 4.78 is 0. The Morgan fingerprint density at radius 1 is 1.22 bits per heavy atom. The molecule has 0 spiro atoms.